The molecule has 4 nitrogen and oxygen atoms in total. The standard InChI is InChI=1S/C14H29N3O.HI/c1-4-14(8-5-6-9-14)12-17-13(15-2)16-10-7-11-18-3;/h4-12H2,1-3H3,(H2,15,16,17);1H. The topological polar surface area (TPSA) is 45.7 Å². The number of ether oxygens (including phenoxy) is 1. The number of nitrogens with zero attached hydrogens (tertiary/aromatic N) is 1. The van der Waals surface area contributed by atoms with Crippen molar-refractivity contribution in [1.29, 1.82) is 0 Å². The first-order chi connectivity index (χ1) is 8.76. The highest BCUT2D eigenvalue weighted by atomic mass is 127. The van der Waals surface area contributed by atoms with Gasteiger partial charge in [0.25, 0.3) is 0 Å². The van der Waals surface area contributed by atoms with E-state index in [4.69, 9.17) is 4.74 Å². The number of guanidine groups is 1. The lowest BCUT2D eigenvalue weighted by Crippen LogP contribution is -2.43. The molecule has 0 aromatic carbocycles. The molecule has 0 saturated heterocycles. The summed E-state index contributed by atoms with van der Waals surface area (Å²) >= 11 is 0. The van der Waals surface area contributed by atoms with Gasteiger partial charge in [0, 0.05) is 33.9 Å². The molecule has 114 valence electrons. The number of hydrogen-bond donors (Lipinski definition) is 2. The maximum atomic E-state index is 5.03. The van der Waals surface area contributed by atoms with Crippen molar-refractivity contribution in [3.8, 4) is 0 Å². The SMILES string of the molecule is CCC1(CNC(=NC)NCCCOC)CCCC1.I. The molecule has 1 fully saturated rings. The van der Waals surface area contributed by atoms with Gasteiger partial charge in [-0.25, -0.2) is 0 Å². The van der Waals surface area contributed by atoms with Crippen molar-refractivity contribution in [2.24, 2.45) is 10.4 Å². The Bertz CT molecular complexity index is 253. The zero-order valence-electron chi connectivity index (χ0n) is 12.6. The molecule has 0 heterocycles. The molecule has 0 aliphatic heterocycles. The monoisotopic (exact) mass is 383 g/mol. The van der Waals surface area contributed by atoms with E-state index in [9.17, 15) is 0 Å². The normalized spacial score (nSPS) is 17.9. The van der Waals surface area contributed by atoms with Gasteiger partial charge in [-0.3, -0.25) is 4.99 Å². The molecule has 1 rings (SSSR count). The van der Waals surface area contributed by atoms with Crippen molar-refractivity contribution in [2.45, 2.75) is 45.4 Å². The minimum absolute atomic E-state index is 0. The third-order valence-electron chi connectivity index (χ3n) is 4.09. The summed E-state index contributed by atoms with van der Waals surface area (Å²) in [6, 6.07) is 0. The van der Waals surface area contributed by atoms with Crippen LogP contribution in [0.15, 0.2) is 4.99 Å². The third kappa shape index (κ3) is 6.79. The fourth-order valence-electron chi connectivity index (χ4n) is 2.70. The van der Waals surface area contributed by atoms with Crippen LogP contribution in [0.3, 0.4) is 0 Å². The Hall–Kier alpha value is -0.0400. The second-order valence-electron chi connectivity index (χ2n) is 5.26. The predicted octanol–water partition coefficient (Wildman–Crippen LogP) is 2.78. The molecule has 0 bridgehead atoms. The van der Waals surface area contributed by atoms with E-state index in [-0.39, 0.29) is 24.0 Å². The largest absolute Gasteiger partial charge is 0.385 e. The third-order valence-corrected chi connectivity index (χ3v) is 4.09. The summed E-state index contributed by atoms with van der Waals surface area (Å²) in [6.45, 7) is 5.06. The van der Waals surface area contributed by atoms with Crippen LogP contribution in [0.25, 0.3) is 0 Å². The zero-order chi connectivity index (χ0) is 13.3. The second-order valence-corrected chi connectivity index (χ2v) is 5.26. The summed E-state index contributed by atoms with van der Waals surface area (Å²) in [6.07, 6.45) is 7.76. The van der Waals surface area contributed by atoms with E-state index in [0.29, 0.717) is 5.41 Å². The van der Waals surface area contributed by atoms with Crippen molar-refractivity contribution in [2.75, 3.05) is 33.9 Å². The van der Waals surface area contributed by atoms with Crippen LogP contribution in [0.5, 0.6) is 0 Å². The highest BCUT2D eigenvalue weighted by Gasteiger charge is 2.31. The molecule has 0 aromatic heterocycles. The molecule has 2 N–H and O–H groups in total. The lowest BCUT2D eigenvalue weighted by Gasteiger charge is -2.28. The second kappa shape index (κ2) is 10.7. The molecule has 19 heavy (non-hydrogen) atoms. The molecule has 0 spiro atoms. The smallest absolute Gasteiger partial charge is 0.190 e. The summed E-state index contributed by atoms with van der Waals surface area (Å²) in [5.41, 5.74) is 0.504. The van der Waals surface area contributed by atoms with Gasteiger partial charge in [-0.2, -0.15) is 0 Å². The van der Waals surface area contributed by atoms with Gasteiger partial charge in [0.05, 0.1) is 0 Å². The number of hydrogen-bond acceptors (Lipinski definition) is 2. The Morgan fingerprint density at radius 1 is 1.26 bits per heavy atom. The molecule has 0 unspecified atom stereocenters. The van der Waals surface area contributed by atoms with E-state index in [1.165, 1.54) is 32.1 Å². The van der Waals surface area contributed by atoms with E-state index in [1.54, 1.807) is 7.11 Å². The van der Waals surface area contributed by atoms with Crippen LogP contribution in [0, 0.1) is 5.41 Å². The highest BCUT2D eigenvalue weighted by molar-refractivity contribution is 14.0. The number of aliphatic imine (C=N–C) groups is 1. The van der Waals surface area contributed by atoms with Gasteiger partial charge in [0.1, 0.15) is 0 Å². The van der Waals surface area contributed by atoms with Gasteiger partial charge >= 0.3 is 0 Å². The average Bonchev–Trinajstić information content (AvgIpc) is 2.87. The quantitative estimate of drug-likeness (QED) is 0.308. The molecule has 0 atom stereocenters. The van der Waals surface area contributed by atoms with Crippen LogP contribution in [-0.4, -0.2) is 39.8 Å². The molecule has 0 amide bonds. The van der Waals surface area contributed by atoms with Crippen molar-refractivity contribution in [3.05, 3.63) is 0 Å². The summed E-state index contributed by atoms with van der Waals surface area (Å²) in [5, 5.41) is 6.81. The lowest BCUT2D eigenvalue weighted by molar-refractivity contribution is 0.195. The fraction of sp³-hybridized carbons (Fsp3) is 0.929. The minimum Gasteiger partial charge on any atom is -0.385 e. The molecule has 1 aliphatic carbocycles. The van der Waals surface area contributed by atoms with Crippen LogP contribution in [0.2, 0.25) is 0 Å². The molecule has 0 aromatic rings. The zero-order valence-corrected chi connectivity index (χ0v) is 15.0. The van der Waals surface area contributed by atoms with Gasteiger partial charge in [0.2, 0.25) is 0 Å². The van der Waals surface area contributed by atoms with Crippen molar-refractivity contribution in [3.63, 3.8) is 0 Å². The van der Waals surface area contributed by atoms with E-state index in [0.717, 1.165) is 32.1 Å². The van der Waals surface area contributed by atoms with Gasteiger partial charge in [-0.15, -0.1) is 24.0 Å². The van der Waals surface area contributed by atoms with Crippen molar-refractivity contribution >= 4 is 29.9 Å². The van der Waals surface area contributed by atoms with E-state index in [2.05, 4.69) is 22.5 Å². The van der Waals surface area contributed by atoms with E-state index in [1.807, 2.05) is 7.05 Å². The Kier molecular flexibility index (Phi) is 10.7. The molecule has 5 heteroatoms. The van der Waals surface area contributed by atoms with Crippen molar-refractivity contribution in [1.82, 2.24) is 10.6 Å². The summed E-state index contributed by atoms with van der Waals surface area (Å²) in [5.74, 6) is 0.922. The van der Waals surface area contributed by atoms with Crippen LogP contribution in [0.4, 0.5) is 0 Å². The molecule has 1 aliphatic rings. The van der Waals surface area contributed by atoms with E-state index < -0.39 is 0 Å². The number of rotatable bonds is 7. The number of nitrogens with one attached hydrogen (secondary N) is 2. The maximum Gasteiger partial charge on any atom is 0.190 e. The van der Waals surface area contributed by atoms with Crippen molar-refractivity contribution < 1.29 is 4.74 Å². The van der Waals surface area contributed by atoms with Crippen LogP contribution in [-0.2, 0) is 4.74 Å². The van der Waals surface area contributed by atoms with Crippen LogP contribution >= 0.6 is 24.0 Å². The summed E-state index contributed by atoms with van der Waals surface area (Å²) < 4.78 is 5.03. The Morgan fingerprint density at radius 3 is 2.47 bits per heavy atom. The molecular weight excluding hydrogens is 353 g/mol. The highest BCUT2D eigenvalue weighted by Crippen LogP contribution is 2.40. The van der Waals surface area contributed by atoms with Crippen LogP contribution < -0.4 is 10.6 Å². The summed E-state index contributed by atoms with van der Waals surface area (Å²) in [4.78, 5) is 4.27. The lowest BCUT2D eigenvalue weighted by atomic mass is 9.83. The average molecular weight is 383 g/mol. The van der Waals surface area contributed by atoms with Gasteiger partial charge < -0.3 is 15.4 Å². The number of methoxy groups -OCH3 is 1. The van der Waals surface area contributed by atoms with Crippen LogP contribution in [0.1, 0.15) is 45.4 Å². The van der Waals surface area contributed by atoms with Gasteiger partial charge in [0.15, 0.2) is 5.96 Å². The predicted molar refractivity (Wildman–Crippen MR) is 92.5 cm³/mol. The Morgan fingerprint density at radius 2 is 1.95 bits per heavy atom. The molecule has 0 radical (unpaired) electrons. The Labute approximate surface area is 135 Å². The van der Waals surface area contributed by atoms with E-state index >= 15 is 0 Å². The maximum absolute atomic E-state index is 5.03. The number of halogens is 1. The minimum atomic E-state index is 0. The first-order valence-electron chi connectivity index (χ1n) is 7.20. The fourth-order valence-corrected chi connectivity index (χ4v) is 2.70. The Balaban J connectivity index is 0.00000324. The van der Waals surface area contributed by atoms with Gasteiger partial charge in [-0.05, 0) is 31.1 Å². The first-order valence-corrected chi connectivity index (χ1v) is 7.20. The summed E-state index contributed by atoms with van der Waals surface area (Å²) in [7, 11) is 3.57. The molecular formula is C14H30IN3O. The first kappa shape index (κ1) is 19.0. The molecule has 1 saturated carbocycles. The van der Waals surface area contributed by atoms with Gasteiger partial charge in [-0.1, -0.05) is 19.8 Å².